The summed E-state index contributed by atoms with van der Waals surface area (Å²) in [4.78, 5) is 14.0. The molecule has 0 fully saturated rings. The van der Waals surface area contributed by atoms with Crippen molar-refractivity contribution in [1.82, 2.24) is 4.98 Å². The fourth-order valence-electron chi connectivity index (χ4n) is 4.50. The Morgan fingerprint density at radius 2 is 1.94 bits per heavy atom. The van der Waals surface area contributed by atoms with Crippen LogP contribution in [0.15, 0.2) is 35.1 Å². The Bertz CT molecular complexity index is 1310. The van der Waals surface area contributed by atoms with E-state index in [1.807, 2.05) is 0 Å². The zero-order chi connectivity index (χ0) is 24.3. The first kappa shape index (κ1) is 23.3. The maximum Gasteiger partial charge on any atom is 0.419 e. The number of phenolic OH excluding ortho intramolecular Hbond substituents is 1. The van der Waals surface area contributed by atoms with Gasteiger partial charge in [-0.15, -0.1) is 0 Å². The van der Waals surface area contributed by atoms with Gasteiger partial charge in [-0.25, -0.2) is 8.78 Å². The molecule has 0 radical (unpaired) electrons. The fourth-order valence-corrected chi connectivity index (χ4v) is 4.66. The predicted molar refractivity (Wildman–Crippen MR) is 113 cm³/mol. The Hall–Kier alpha value is -2.85. The van der Waals surface area contributed by atoms with Crippen molar-refractivity contribution >= 4 is 28.2 Å². The summed E-state index contributed by atoms with van der Waals surface area (Å²) in [6.07, 6.45) is -5.92. The van der Waals surface area contributed by atoms with Crippen molar-refractivity contribution in [3.8, 4) is 5.75 Å². The molecule has 176 valence electrons. The van der Waals surface area contributed by atoms with Gasteiger partial charge >= 0.3 is 6.18 Å². The molecule has 1 aliphatic carbocycles. The summed E-state index contributed by atoms with van der Waals surface area (Å²) in [7, 11) is 0. The van der Waals surface area contributed by atoms with Gasteiger partial charge in [0.2, 0.25) is 5.56 Å². The number of halogens is 6. The minimum Gasteiger partial charge on any atom is -0.506 e. The second-order valence-electron chi connectivity index (χ2n) is 8.07. The number of aromatic hydroxyl groups is 1. The van der Waals surface area contributed by atoms with E-state index in [4.69, 9.17) is 11.6 Å². The Morgan fingerprint density at radius 1 is 1.24 bits per heavy atom. The predicted octanol–water partition coefficient (Wildman–Crippen LogP) is 5.51. The topological polar surface area (TPSA) is 85.4 Å². The fraction of sp³-hybridized carbons (Fsp3) is 0.318. The van der Waals surface area contributed by atoms with Crippen LogP contribution >= 0.6 is 11.6 Å². The molecule has 1 aromatic heterocycles. The summed E-state index contributed by atoms with van der Waals surface area (Å²) in [6.45, 7) is 1.56. The van der Waals surface area contributed by atoms with E-state index >= 15 is 0 Å². The van der Waals surface area contributed by atoms with Gasteiger partial charge < -0.3 is 20.5 Å². The molecule has 0 spiro atoms. The highest BCUT2D eigenvalue weighted by atomic mass is 35.5. The first-order chi connectivity index (χ1) is 15.4. The highest BCUT2D eigenvalue weighted by Gasteiger charge is 2.62. The van der Waals surface area contributed by atoms with Gasteiger partial charge in [-0.3, -0.25) is 4.79 Å². The molecule has 3 aromatic rings. The Kier molecular flexibility index (Phi) is 5.57. The SMILES string of the molecule is CC[C@@H]1C[C@](O)(C(F)(F)F)C(Nc2cc(F)cc3[nH]c(=O)ccc23)c2cc(F)c(Cl)c(O)c21. The molecule has 4 N–H and O–H groups in total. The van der Waals surface area contributed by atoms with Crippen LogP contribution in [0.3, 0.4) is 0 Å². The van der Waals surface area contributed by atoms with Crippen molar-refractivity contribution in [1.29, 1.82) is 0 Å². The number of pyridine rings is 1. The number of hydrogen-bond donors (Lipinski definition) is 4. The quantitative estimate of drug-likeness (QED) is 0.366. The summed E-state index contributed by atoms with van der Waals surface area (Å²) in [5.74, 6) is -3.73. The number of aromatic amines is 1. The third-order valence-electron chi connectivity index (χ3n) is 6.11. The van der Waals surface area contributed by atoms with Crippen molar-refractivity contribution in [2.75, 3.05) is 5.32 Å². The number of H-pyrrole nitrogens is 1. The van der Waals surface area contributed by atoms with E-state index in [1.165, 1.54) is 6.07 Å². The van der Waals surface area contributed by atoms with Crippen LogP contribution < -0.4 is 10.9 Å². The van der Waals surface area contributed by atoms with E-state index in [0.29, 0.717) is 0 Å². The largest absolute Gasteiger partial charge is 0.506 e. The summed E-state index contributed by atoms with van der Waals surface area (Å²) in [6, 6.07) is 2.98. The van der Waals surface area contributed by atoms with Gasteiger partial charge in [0.25, 0.3) is 0 Å². The van der Waals surface area contributed by atoms with Gasteiger partial charge in [-0.05, 0) is 48.6 Å². The number of fused-ring (bicyclic) bond motifs is 2. The molecule has 1 aliphatic rings. The van der Waals surface area contributed by atoms with Gasteiger partial charge in [-0.1, -0.05) is 18.5 Å². The van der Waals surface area contributed by atoms with Crippen molar-refractivity contribution < 1.29 is 32.2 Å². The third kappa shape index (κ3) is 3.71. The number of hydrogen-bond acceptors (Lipinski definition) is 4. The molecule has 11 heteroatoms. The van der Waals surface area contributed by atoms with Crippen LogP contribution in [0, 0.1) is 11.6 Å². The molecule has 5 nitrogen and oxygen atoms in total. The van der Waals surface area contributed by atoms with Crippen molar-refractivity contribution in [2.24, 2.45) is 0 Å². The smallest absolute Gasteiger partial charge is 0.419 e. The van der Waals surface area contributed by atoms with Crippen molar-refractivity contribution in [3.05, 3.63) is 68.5 Å². The average molecular weight is 489 g/mol. The number of rotatable bonds is 3. The molecule has 1 heterocycles. The first-order valence-electron chi connectivity index (χ1n) is 9.96. The second-order valence-corrected chi connectivity index (χ2v) is 8.45. The molecule has 1 unspecified atom stereocenters. The molecule has 33 heavy (non-hydrogen) atoms. The van der Waals surface area contributed by atoms with E-state index in [1.54, 1.807) is 6.92 Å². The Balaban J connectivity index is 1.99. The summed E-state index contributed by atoms with van der Waals surface area (Å²) >= 11 is 5.81. The zero-order valence-electron chi connectivity index (χ0n) is 17.0. The molecule has 0 amide bonds. The van der Waals surface area contributed by atoms with Gasteiger partial charge in [0.15, 0.2) is 5.60 Å². The van der Waals surface area contributed by atoms with Gasteiger partial charge in [0.1, 0.15) is 22.4 Å². The number of anilines is 1. The normalized spacial score (nSPS) is 22.9. The highest BCUT2D eigenvalue weighted by Crippen LogP contribution is 2.56. The molecular weight excluding hydrogens is 471 g/mol. The van der Waals surface area contributed by atoms with Crippen molar-refractivity contribution in [3.63, 3.8) is 0 Å². The van der Waals surface area contributed by atoms with Crippen LogP contribution in [0.2, 0.25) is 5.02 Å². The van der Waals surface area contributed by atoms with E-state index in [0.717, 1.165) is 24.3 Å². The van der Waals surface area contributed by atoms with E-state index in [-0.39, 0.29) is 34.1 Å². The molecular formula is C22H18ClF5N2O3. The van der Waals surface area contributed by atoms with E-state index in [2.05, 4.69) is 10.3 Å². The van der Waals surface area contributed by atoms with E-state index < -0.39 is 58.1 Å². The van der Waals surface area contributed by atoms with Crippen LogP contribution in [-0.4, -0.2) is 27.0 Å². The number of alkyl halides is 3. The van der Waals surface area contributed by atoms with Crippen LogP contribution in [0.5, 0.6) is 5.75 Å². The summed E-state index contributed by atoms with van der Waals surface area (Å²) in [5, 5.41) is 23.4. The van der Waals surface area contributed by atoms with Crippen LogP contribution in [0.4, 0.5) is 27.6 Å². The third-order valence-corrected chi connectivity index (χ3v) is 6.47. The second kappa shape index (κ2) is 7.88. The van der Waals surface area contributed by atoms with Crippen LogP contribution in [0.1, 0.15) is 42.9 Å². The average Bonchev–Trinajstić information content (AvgIpc) is 2.72. The maximum absolute atomic E-state index is 14.4. The lowest BCUT2D eigenvalue weighted by Gasteiger charge is -2.46. The number of nitrogens with one attached hydrogen (secondary N) is 2. The summed E-state index contributed by atoms with van der Waals surface area (Å²) in [5.41, 5.74) is -4.49. The minimum atomic E-state index is -5.17. The summed E-state index contributed by atoms with van der Waals surface area (Å²) < 4.78 is 71.3. The minimum absolute atomic E-state index is 0.00755. The van der Waals surface area contributed by atoms with Crippen LogP contribution in [-0.2, 0) is 0 Å². The van der Waals surface area contributed by atoms with Crippen molar-refractivity contribution in [2.45, 2.75) is 43.5 Å². The standard InChI is InChI=1S/C22H18ClF5N2O3/c1-2-9-8-21(33,22(26,27)28)20(12-7-13(25)18(23)19(32)17(9)12)30-15-6-10(24)5-14-11(15)3-4-16(31)29-14/h3-7,9,20,30,32-33H,2,8H2,1H3,(H,29,31)/t9-,20?,21-/m1/s1. The van der Waals surface area contributed by atoms with Crippen LogP contribution in [0.25, 0.3) is 10.9 Å². The lowest BCUT2D eigenvalue weighted by molar-refractivity contribution is -0.272. The lowest BCUT2D eigenvalue weighted by Crippen LogP contribution is -2.55. The number of aliphatic hydroxyl groups is 1. The number of aromatic nitrogens is 1. The molecule has 0 saturated heterocycles. The molecule has 3 atom stereocenters. The lowest BCUT2D eigenvalue weighted by atomic mass is 9.69. The van der Waals surface area contributed by atoms with Gasteiger partial charge in [0, 0.05) is 22.7 Å². The molecule has 0 saturated carbocycles. The Labute approximate surface area is 188 Å². The van der Waals surface area contributed by atoms with Gasteiger partial charge in [-0.2, -0.15) is 13.2 Å². The van der Waals surface area contributed by atoms with Gasteiger partial charge in [0.05, 0.1) is 11.6 Å². The highest BCUT2D eigenvalue weighted by molar-refractivity contribution is 6.32. The molecule has 4 rings (SSSR count). The number of benzene rings is 2. The first-order valence-corrected chi connectivity index (χ1v) is 10.3. The Morgan fingerprint density at radius 3 is 2.58 bits per heavy atom. The molecule has 0 bridgehead atoms. The molecule has 0 aliphatic heterocycles. The molecule has 2 aromatic carbocycles. The number of phenols is 1. The maximum atomic E-state index is 14.4. The van der Waals surface area contributed by atoms with E-state index in [9.17, 15) is 37.0 Å². The zero-order valence-corrected chi connectivity index (χ0v) is 17.8. The monoisotopic (exact) mass is 488 g/mol.